The fourth-order valence-electron chi connectivity index (χ4n) is 1.73. The van der Waals surface area contributed by atoms with Gasteiger partial charge in [-0.3, -0.25) is 0 Å². The highest BCUT2D eigenvalue weighted by Crippen LogP contribution is 2.33. The van der Waals surface area contributed by atoms with Gasteiger partial charge >= 0.3 is 0 Å². The van der Waals surface area contributed by atoms with E-state index in [0.717, 1.165) is 21.1 Å². The van der Waals surface area contributed by atoms with Gasteiger partial charge in [0.2, 0.25) is 0 Å². The van der Waals surface area contributed by atoms with Gasteiger partial charge in [-0.2, -0.15) is 0 Å². The summed E-state index contributed by atoms with van der Waals surface area (Å²) in [7, 11) is 0. The van der Waals surface area contributed by atoms with Crippen LogP contribution in [-0.2, 0) is 6.54 Å². The lowest BCUT2D eigenvalue weighted by atomic mass is 10.2. The summed E-state index contributed by atoms with van der Waals surface area (Å²) in [6.45, 7) is 4.98. The average Bonchev–Trinajstić information content (AvgIpc) is 2.43. The minimum atomic E-state index is -0.393. The predicted octanol–water partition coefficient (Wildman–Crippen LogP) is 5.64. The highest BCUT2D eigenvalue weighted by atomic mass is 79.9. The number of halogens is 3. The molecule has 0 unspecified atom stereocenters. The van der Waals surface area contributed by atoms with Crippen LogP contribution in [-0.4, -0.2) is 6.04 Å². The Hall–Kier alpha value is -0.910. The Balaban J connectivity index is 2.15. The van der Waals surface area contributed by atoms with E-state index >= 15 is 0 Å². The molecule has 0 bridgehead atoms. The maximum atomic E-state index is 13.7. The Morgan fingerprint density at radius 2 is 1.86 bits per heavy atom. The van der Waals surface area contributed by atoms with Crippen LogP contribution in [0.25, 0.3) is 0 Å². The summed E-state index contributed by atoms with van der Waals surface area (Å²) in [5.41, 5.74) is 1.14. The predicted molar refractivity (Wildman–Crippen MR) is 90.3 cm³/mol. The molecule has 1 N–H and O–H groups in total. The van der Waals surface area contributed by atoms with Gasteiger partial charge in [0.1, 0.15) is 5.75 Å². The van der Waals surface area contributed by atoms with Crippen LogP contribution in [0, 0.1) is 5.82 Å². The molecule has 0 aliphatic heterocycles. The molecule has 0 aliphatic rings. The molecule has 0 saturated carbocycles. The van der Waals surface area contributed by atoms with Gasteiger partial charge in [-0.1, -0.05) is 35.8 Å². The molecule has 0 aliphatic carbocycles. The third kappa shape index (κ3) is 4.80. The normalized spacial score (nSPS) is 11.0. The summed E-state index contributed by atoms with van der Waals surface area (Å²) in [6.07, 6.45) is 0. The molecule has 0 atom stereocenters. The van der Waals surface area contributed by atoms with Crippen LogP contribution >= 0.6 is 31.9 Å². The second-order valence-corrected chi connectivity index (χ2v) is 6.75. The quantitative estimate of drug-likeness (QED) is 0.680. The summed E-state index contributed by atoms with van der Waals surface area (Å²) in [5.74, 6) is 0.383. The topological polar surface area (TPSA) is 21.3 Å². The molecule has 0 saturated heterocycles. The van der Waals surface area contributed by atoms with Crippen molar-refractivity contribution in [3.63, 3.8) is 0 Å². The maximum absolute atomic E-state index is 13.7. The van der Waals surface area contributed by atoms with Gasteiger partial charge < -0.3 is 10.1 Å². The smallest absolute Gasteiger partial charge is 0.165 e. The summed E-state index contributed by atoms with van der Waals surface area (Å²) in [4.78, 5) is 0. The third-order valence-electron chi connectivity index (χ3n) is 2.82. The van der Waals surface area contributed by atoms with Crippen LogP contribution in [0.3, 0.4) is 0 Å². The maximum Gasteiger partial charge on any atom is 0.165 e. The van der Waals surface area contributed by atoms with E-state index in [1.165, 1.54) is 6.07 Å². The second-order valence-electron chi connectivity index (χ2n) is 4.98. The molecule has 2 nitrogen and oxygen atoms in total. The van der Waals surface area contributed by atoms with Crippen LogP contribution in [0.4, 0.5) is 4.39 Å². The van der Waals surface area contributed by atoms with Gasteiger partial charge in [0.05, 0.1) is 4.47 Å². The molecular formula is C16H16Br2FNO. The molecular weight excluding hydrogens is 401 g/mol. The van der Waals surface area contributed by atoms with Gasteiger partial charge in [-0.15, -0.1) is 0 Å². The molecule has 0 fully saturated rings. The minimum Gasteiger partial charge on any atom is -0.453 e. The summed E-state index contributed by atoms with van der Waals surface area (Å²) in [6, 6.07) is 10.8. The standard InChI is InChI=1S/C16H16Br2FNO/c1-10(2)20-9-11-3-6-15(13(18)7-11)21-16-8-12(17)4-5-14(16)19/h3-8,10,20H,9H2,1-2H3. The van der Waals surface area contributed by atoms with E-state index in [-0.39, 0.29) is 5.75 Å². The molecule has 21 heavy (non-hydrogen) atoms. The third-order valence-corrected chi connectivity index (χ3v) is 3.94. The summed E-state index contributed by atoms with van der Waals surface area (Å²) >= 11 is 6.77. The molecule has 112 valence electrons. The van der Waals surface area contributed by atoms with E-state index in [4.69, 9.17) is 4.74 Å². The second kappa shape index (κ2) is 7.38. The number of nitrogens with one attached hydrogen (secondary N) is 1. The van der Waals surface area contributed by atoms with Gasteiger partial charge in [-0.25, -0.2) is 4.39 Å². The Labute approximate surface area is 141 Å². The average molecular weight is 417 g/mol. The van der Waals surface area contributed by atoms with E-state index in [2.05, 4.69) is 51.0 Å². The van der Waals surface area contributed by atoms with Crippen molar-refractivity contribution < 1.29 is 9.13 Å². The fourth-order valence-corrected chi connectivity index (χ4v) is 2.58. The first-order valence-electron chi connectivity index (χ1n) is 6.60. The van der Waals surface area contributed by atoms with E-state index < -0.39 is 5.82 Å². The van der Waals surface area contributed by atoms with Crippen molar-refractivity contribution in [2.24, 2.45) is 0 Å². The highest BCUT2D eigenvalue weighted by Gasteiger charge is 2.09. The minimum absolute atomic E-state index is 0.193. The molecule has 2 rings (SSSR count). The fraction of sp³-hybridized carbons (Fsp3) is 0.250. The van der Waals surface area contributed by atoms with Crippen LogP contribution in [0.15, 0.2) is 45.3 Å². The number of rotatable bonds is 5. The number of hydrogen-bond acceptors (Lipinski definition) is 2. The van der Waals surface area contributed by atoms with E-state index in [9.17, 15) is 4.39 Å². The van der Waals surface area contributed by atoms with Crippen molar-refractivity contribution in [3.05, 3.63) is 56.7 Å². The van der Waals surface area contributed by atoms with Crippen molar-refractivity contribution >= 4 is 31.9 Å². The van der Waals surface area contributed by atoms with E-state index in [1.807, 2.05) is 18.2 Å². The van der Waals surface area contributed by atoms with Crippen LogP contribution < -0.4 is 10.1 Å². The molecule has 0 spiro atoms. The van der Waals surface area contributed by atoms with Crippen molar-refractivity contribution in [2.45, 2.75) is 26.4 Å². The largest absolute Gasteiger partial charge is 0.453 e. The number of hydrogen-bond donors (Lipinski definition) is 1. The lowest BCUT2D eigenvalue weighted by Crippen LogP contribution is -2.21. The van der Waals surface area contributed by atoms with Crippen LogP contribution in [0.2, 0.25) is 0 Å². The van der Waals surface area contributed by atoms with Crippen LogP contribution in [0.5, 0.6) is 11.5 Å². The van der Waals surface area contributed by atoms with Crippen LogP contribution in [0.1, 0.15) is 19.4 Å². The van der Waals surface area contributed by atoms with Crippen molar-refractivity contribution in [3.8, 4) is 11.5 Å². The SMILES string of the molecule is CC(C)NCc1ccc(Oc2cc(Br)ccc2F)c(Br)c1. The highest BCUT2D eigenvalue weighted by molar-refractivity contribution is 9.10. The first kappa shape index (κ1) is 16.5. The first-order valence-corrected chi connectivity index (χ1v) is 8.19. The molecule has 0 aromatic heterocycles. The number of ether oxygens (including phenoxy) is 1. The van der Waals surface area contributed by atoms with Gasteiger partial charge in [0.15, 0.2) is 11.6 Å². The zero-order valence-corrected chi connectivity index (χ0v) is 15.0. The molecule has 0 radical (unpaired) electrons. The Kier molecular flexibility index (Phi) is 5.79. The Bertz CT molecular complexity index is 632. The van der Waals surface area contributed by atoms with Gasteiger partial charge in [0, 0.05) is 17.1 Å². The molecule has 0 amide bonds. The van der Waals surface area contributed by atoms with Crippen molar-refractivity contribution in [1.82, 2.24) is 5.32 Å². The molecule has 5 heteroatoms. The first-order chi connectivity index (χ1) is 9.95. The van der Waals surface area contributed by atoms with Gasteiger partial charge in [-0.05, 0) is 51.8 Å². The summed E-state index contributed by atoms with van der Waals surface area (Å²) < 4.78 is 20.9. The lowest BCUT2D eigenvalue weighted by molar-refractivity contribution is 0.439. The molecule has 2 aromatic carbocycles. The Morgan fingerprint density at radius 1 is 1.10 bits per heavy atom. The lowest BCUT2D eigenvalue weighted by Gasteiger charge is -2.12. The summed E-state index contributed by atoms with van der Waals surface area (Å²) in [5, 5.41) is 3.35. The molecule has 0 heterocycles. The monoisotopic (exact) mass is 415 g/mol. The van der Waals surface area contributed by atoms with E-state index in [0.29, 0.717) is 11.8 Å². The zero-order valence-electron chi connectivity index (χ0n) is 11.8. The van der Waals surface area contributed by atoms with E-state index in [1.54, 1.807) is 12.1 Å². The van der Waals surface area contributed by atoms with Crippen molar-refractivity contribution in [1.29, 1.82) is 0 Å². The van der Waals surface area contributed by atoms with Crippen molar-refractivity contribution in [2.75, 3.05) is 0 Å². The molecule has 2 aromatic rings. The zero-order chi connectivity index (χ0) is 15.4. The van der Waals surface area contributed by atoms with Gasteiger partial charge in [0.25, 0.3) is 0 Å². The Morgan fingerprint density at radius 3 is 2.52 bits per heavy atom. The number of benzene rings is 2.